The highest BCUT2D eigenvalue weighted by Gasteiger charge is 2.15. The number of guanidine groups is 1. The standard InChI is InChI=1S/C24H29N5O5/c1-17(30)26-19-4-2-3-18(15-19)23(31)28-24(25-7-8-29-9-11-32-12-10-29)27-20-5-6-21-22(16-20)34-14-13-33-21/h2-6,15-16H,7-14H2,1H3,(H,26,30)(H2,25,27,28,31). The van der Waals surface area contributed by atoms with Gasteiger partial charge in [-0.2, -0.15) is 0 Å². The SMILES string of the molecule is CC(=O)Nc1cccc(C(=O)NC(=NCCN2CCOCC2)Nc2ccc3c(c2)OCCO3)c1. The first-order valence-corrected chi connectivity index (χ1v) is 11.3. The first-order chi connectivity index (χ1) is 16.6. The number of morpholine rings is 1. The molecule has 0 aromatic heterocycles. The van der Waals surface area contributed by atoms with Crippen LogP contribution in [0.15, 0.2) is 47.5 Å². The molecule has 2 aliphatic rings. The Bertz CT molecular complexity index is 1050. The van der Waals surface area contributed by atoms with E-state index in [-0.39, 0.29) is 11.8 Å². The molecule has 2 amide bonds. The Morgan fingerprint density at radius 3 is 2.50 bits per heavy atom. The van der Waals surface area contributed by atoms with E-state index < -0.39 is 0 Å². The molecule has 0 radical (unpaired) electrons. The summed E-state index contributed by atoms with van der Waals surface area (Å²) in [5, 5.41) is 8.72. The number of carbonyl (C=O) groups is 2. The second-order valence-electron chi connectivity index (χ2n) is 7.88. The molecule has 3 N–H and O–H groups in total. The van der Waals surface area contributed by atoms with Crippen LogP contribution < -0.4 is 25.4 Å². The molecule has 1 fully saturated rings. The van der Waals surface area contributed by atoms with Crippen LogP contribution in [-0.2, 0) is 9.53 Å². The molecule has 2 aromatic rings. The van der Waals surface area contributed by atoms with E-state index in [0.717, 1.165) is 19.6 Å². The highest BCUT2D eigenvalue weighted by molar-refractivity contribution is 6.10. The summed E-state index contributed by atoms with van der Waals surface area (Å²) in [6.07, 6.45) is 0. The summed E-state index contributed by atoms with van der Waals surface area (Å²) in [7, 11) is 0. The normalized spacial score (nSPS) is 16.0. The number of carbonyl (C=O) groups excluding carboxylic acids is 2. The van der Waals surface area contributed by atoms with E-state index >= 15 is 0 Å². The smallest absolute Gasteiger partial charge is 0.258 e. The quantitative estimate of drug-likeness (QED) is 0.440. The van der Waals surface area contributed by atoms with Gasteiger partial charge in [-0.05, 0) is 30.3 Å². The lowest BCUT2D eigenvalue weighted by atomic mass is 10.2. The van der Waals surface area contributed by atoms with Crippen molar-refractivity contribution in [3.05, 3.63) is 48.0 Å². The van der Waals surface area contributed by atoms with Gasteiger partial charge >= 0.3 is 0 Å². The van der Waals surface area contributed by atoms with Crippen LogP contribution in [0.25, 0.3) is 0 Å². The minimum Gasteiger partial charge on any atom is -0.486 e. The van der Waals surface area contributed by atoms with Crippen molar-refractivity contribution < 1.29 is 23.8 Å². The molecule has 2 aliphatic heterocycles. The number of nitrogens with one attached hydrogen (secondary N) is 3. The fourth-order valence-electron chi connectivity index (χ4n) is 3.62. The predicted molar refractivity (Wildman–Crippen MR) is 129 cm³/mol. The van der Waals surface area contributed by atoms with Gasteiger partial charge in [0.2, 0.25) is 11.9 Å². The second kappa shape index (κ2) is 11.5. The van der Waals surface area contributed by atoms with Crippen molar-refractivity contribution in [2.24, 2.45) is 4.99 Å². The molecule has 4 rings (SSSR count). The first kappa shape index (κ1) is 23.5. The highest BCUT2D eigenvalue weighted by atomic mass is 16.6. The topological polar surface area (TPSA) is 114 Å². The van der Waals surface area contributed by atoms with Crippen molar-refractivity contribution in [1.82, 2.24) is 10.2 Å². The lowest BCUT2D eigenvalue weighted by Crippen LogP contribution is -2.39. The number of anilines is 2. The van der Waals surface area contributed by atoms with Crippen LogP contribution in [0.5, 0.6) is 11.5 Å². The van der Waals surface area contributed by atoms with Crippen molar-refractivity contribution in [3.63, 3.8) is 0 Å². The van der Waals surface area contributed by atoms with Gasteiger partial charge in [-0.1, -0.05) is 6.07 Å². The third kappa shape index (κ3) is 6.69. The van der Waals surface area contributed by atoms with Crippen LogP contribution in [0, 0.1) is 0 Å². The molecule has 10 nitrogen and oxygen atoms in total. The van der Waals surface area contributed by atoms with Gasteiger partial charge in [-0.3, -0.25) is 24.8 Å². The Morgan fingerprint density at radius 1 is 0.941 bits per heavy atom. The number of hydrogen-bond acceptors (Lipinski definition) is 7. The summed E-state index contributed by atoms with van der Waals surface area (Å²) < 4.78 is 16.6. The summed E-state index contributed by atoms with van der Waals surface area (Å²) in [6, 6.07) is 12.2. The van der Waals surface area contributed by atoms with Crippen molar-refractivity contribution in [2.45, 2.75) is 6.92 Å². The molecule has 180 valence electrons. The molecule has 0 saturated carbocycles. The Labute approximate surface area is 198 Å². The third-order valence-corrected chi connectivity index (χ3v) is 5.27. The number of rotatable bonds is 6. The number of hydrogen-bond donors (Lipinski definition) is 3. The average molecular weight is 468 g/mol. The van der Waals surface area contributed by atoms with Crippen LogP contribution >= 0.6 is 0 Å². The molecule has 2 aromatic carbocycles. The van der Waals surface area contributed by atoms with Gasteiger partial charge in [0.25, 0.3) is 5.91 Å². The lowest BCUT2D eigenvalue weighted by molar-refractivity contribution is -0.114. The van der Waals surface area contributed by atoms with Gasteiger partial charge in [-0.15, -0.1) is 0 Å². The van der Waals surface area contributed by atoms with Gasteiger partial charge in [0.05, 0.1) is 19.8 Å². The molecule has 0 atom stereocenters. The number of fused-ring (bicyclic) bond motifs is 1. The summed E-state index contributed by atoms with van der Waals surface area (Å²) in [4.78, 5) is 31.2. The zero-order valence-corrected chi connectivity index (χ0v) is 19.1. The average Bonchev–Trinajstić information content (AvgIpc) is 2.84. The van der Waals surface area contributed by atoms with Crippen molar-refractivity contribution in [3.8, 4) is 11.5 Å². The minimum atomic E-state index is -0.345. The summed E-state index contributed by atoms with van der Waals surface area (Å²) >= 11 is 0. The van der Waals surface area contributed by atoms with Crippen LogP contribution in [0.2, 0.25) is 0 Å². The molecule has 34 heavy (non-hydrogen) atoms. The molecular weight excluding hydrogens is 438 g/mol. The molecule has 0 bridgehead atoms. The van der Waals surface area contributed by atoms with Gasteiger partial charge in [0.15, 0.2) is 11.5 Å². The predicted octanol–water partition coefficient (Wildman–Crippen LogP) is 1.95. The number of ether oxygens (including phenoxy) is 3. The maximum Gasteiger partial charge on any atom is 0.258 e. The maximum absolute atomic E-state index is 13.0. The Morgan fingerprint density at radius 2 is 1.71 bits per heavy atom. The number of aliphatic imine (C=N–C) groups is 1. The number of benzene rings is 2. The number of amides is 2. The van der Waals surface area contributed by atoms with Gasteiger partial charge in [0, 0.05) is 49.6 Å². The Balaban J connectivity index is 1.47. The molecule has 0 aliphatic carbocycles. The largest absolute Gasteiger partial charge is 0.486 e. The van der Waals surface area contributed by atoms with E-state index in [1.807, 2.05) is 18.2 Å². The molecule has 2 heterocycles. The monoisotopic (exact) mass is 467 g/mol. The minimum absolute atomic E-state index is 0.205. The first-order valence-electron chi connectivity index (χ1n) is 11.3. The van der Waals surface area contributed by atoms with Gasteiger partial charge in [0.1, 0.15) is 13.2 Å². The molecule has 0 spiro atoms. The maximum atomic E-state index is 13.0. The summed E-state index contributed by atoms with van der Waals surface area (Å²) in [6.45, 7) is 6.83. The van der Waals surface area contributed by atoms with Crippen molar-refractivity contribution >= 4 is 29.1 Å². The fraction of sp³-hybridized carbons (Fsp3) is 0.375. The molecular formula is C24H29N5O5. The van der Waals surface area contributed by atoms with Crippen LogP contribution in [0.1, 0.15) is 17.3 Å². The summed E-state index contributed by atoms with van der Waals surface area (Å²) in [5.74, 6) is 1.09. The van der Waals surface area contributed by atoms with Gasteiger partial charge < -0.3 is 24.8 Å². The molecule has 10 heteroatoms. The zero-order valence-electron chi connectivity index (χ0n) is 19.1. The zero-order chi connectivity index (χ0) is 23.8. The Hall–Kier alpha value is -3.63. The van der Waals surface area contributed by atoms with E-state index in [4.69, 9.17) is 14.2 Å². The highest BCUT2D eigenvalue weighted by Crippen LogP contribution is 2.32. The third-order valence-electron chi connectivity index (χ3n) is 5.27. The van der Waals surface area contributed by atoms with E-state index in [9.17, 15) is 9.59 Å². The van der Waals surface area contributed by atoms with E-state index in [1.165, 1.54) is 6.92 Å². The summed E-state index contributed by atoms with van der Waals surface area (Å²) in [5.41, 5.74) is 1.66. The molecule has 1 saturated heterocycles. The molecule has 0 unspecified atom stereocenters. The van der Waals surface area contributed by atoms with Crippen molar-refractivity contribution in [2.75, 3.05) is 63.2 Å². The van der Waals surface area contributed by atoms with Crippen LogP contribution in [-0.4, -0.2) is 75.3 Å². The van der Waals surface area contributed by atoms with Gasteiger partial charge in [-0.25, -0.2) is 0 Å². The fourth-order valence-corrected chi connectivity index (χ4v) is 3.62. The van der Waals surface area contributed by atoms with E-state index in [1.54, 1.807) is 24.3 Å². The second-order valence-corrected chi connectivity index (χ2v) is 7.88. The lowest BCUT2D eigenvalue weighted by Gasteiger charge is -2.25. The Kier molecular flexibility index (Phi) is 7.95. The van der Waals surface area contributed by atoms with Crippen LogP contribution in [0.4, 0.5) is 11.4 Å². The van der Waals surface area contributed by atoms with E-state index in [0.29, 0.717) is 67.4 Å². The van der Waals surface area contributed by atoms with Crippen molar-refractivity contribution in [1.29, 1.82) is 0 Å². The van der Waals surface area contributed by atoms with Crippen LogP contribution in [0.3, 0.4) is 0 Å². The number of nitrogens with zero attached hydrogens (tertiary/aromatic N) is 2. The van der Waals surface area contributed by atoms with E-state index in [2.05, 4.69) is 25.8 Å².